The maximum atomic E-state index is 12.7. The van der Waals surface area contributed by atoms with Crippen LogP contribution in [0, 0.1) is 17.2 Å². The molecule has 1 rings (SSSR count). The highest BCUT2D eigenvalue weighted by Gasteiger charge is 2.39. The van der Waals surface area contributed by atoms with Crippen molar-refractivity contribution in [2.24, 2.45) is 5.92 Å². The average Bonchev–Trinajstić information content (AvgIpc) is 2.46. The summed E-state index contributed by atoms with van der Waals surface area (Å²) < 4.78 is 38.9. The van der Waals surface area contributed by atoms with Gasteiger partial charge < -0.3 is 0 Å². The first-order valence-electron chi connectivity index (χ1n) is 4.72. The van der Waals surface area contributed by atoms with Crippen molar-refractivity contribution in [2.45, 2.75) is 33.0 Å². The molecule has 1 aromatic rings. The molecule has 0 bridgehead atoms. The standard InChI is InChI=1S/C9H11F3N4/c1-6(2)5-16-8(9(10,11)12)7(3-4-13)14-15-16/h6H,3,5H2,1-2H3. The van der Waals surface area contributed by atoms with Crippen molar-refractivity contribution in [3.8, 4) is 6.07 Å². The predicted molar refractivity (Wildman–Crippen MR) is 49.2 cm³/mol. The van der Waals surface area contributed by atoms with Crippen molar-refractivity contribution in [3.05, 3.63) is 11.4 Å². The van der Waals surface area contributed by atoms with Crippen LogP contribution in [0.15, 0.2) is 0 Å². The number of rotatable bonds is 3. The Balaban J connectivity index is 3.15. The van der Waals surface area contributed by atoms with Crippen molar-refractivity contribution in [3.63, 3.8) is 0 Å². The maximum absolute atomic E-state index is 12.7. The normalized spacial score (nSPS) is 11.8. The summed E-state index contributed by atoms with van der Waals surface area (Å²) in [4.78, 5) is 0. The second kappa shape index (κ2) is 4.51. The topological polar surface area (TPSA) is 54.5 Å². The fourth-order valence-corrected chi connectivity index (χ4v) is 1.33. The van der Waals surface area contributed by atoms with Crippen LogP contribution in [0.3, 0.4) is 0 Å². The number of alkyl halides is 3. The SMILES string of the molecule is CC(C)Cn1nnc(CC#N)c1C(F)(F)F. The molecular weight excluding hydrogens is 221 g/mol. The summed E-state index contributed by atoms with van der Waals surface area (Å²) in [6, 6.07) is 1.65. The first-order chi connectivity index (χ1) is 7.36. The number of hydrogen-bond donors (Lipinski definition) is 0. The third-order valence-corrected chi connectivity index (χ3v) is 1.86. The second-order valence-electron chi connectivity index (χ2n) is 3.79. The Bertz CT molecular complexity index is 400. The average molecular weight is 232 g/mol. The maximum Gasteiger partial charge on any atom is 0.434 e. The minimum Gasteiger partial charge on any atom is -0.240 e. The van der Waals surface area contributed by atoms with Gasteiger partial charge in [0.05, 0.1) is 12.5 Å². The van der Waals surface area contributed by atoms with E-state index in [1.165, 1.54) is 0 Å². The minimum atomic E-state index is -4.52. The van der Waals surface area contributed by atoms with Crippen molar-refractivity contribution >= 4 is 0 Å². The lowest BCUT2D eigenvalue weighted by atomic mass is 10.2. The zero-order valence-corrected chi connectivity index (χ0v) is 8.91. The van der Waals surface area contributed by atoms with Gasteiger partial charge in [0.15, 0.2) is 5.69 Å². The van der Waals surface area contributed by atoms with Gasteiger partial charge >= 0.3 is 6.18 Å². The lowest BCUT2D eigenvalue weighted by Gasteiger charge is -2.11. The molecule has 0 radical (unpaired) electrons. The lowest BCUT2D eigenvalue weighted by Crippen LogP contribution is -2.18. The van der Waals surface area contributed by atoms with Crippen molar-refractivity contribution in [1.82, 2.24) is 15.0 Å². The summed E-state index contributed by atoms with van der Waals surface area (Å²) in [5.74, 6) is 0.0257. The van der Waals surface area contributed by atoms with Gasteiger partial charge in [-0.2, -0.15) is 18.4 Å². The van der Waals surface area contributed by atoms with Crippen LogP contribution >= 0.6 is 0 Å². The van der Waals surface area contributed by atoms with Crippen LogP contribution < -0.4 is 0 Å². The van der Waals surface area contributed by atoms with Gasteiger partial charge in [-0.15, -0.1) is 5.10 Å². The van der Waals surface area contributed by atoms with Crippen LogP contribution in [-0.2, 0) is 19.1 Å². The first-order valence-corrected chi connectivity index (χ1v) is 4.72. The number of halogens is 3. The summed E-state index contributed by atoms with van der Waals surface area (Å²) in [7, 11) is 0. The van der Waals surface area contributed by atoms with Gasteiger partial charge in [-0.05, 0) is 5.92 Å². The smallest absolute Gasteiger partial charge is 0.240 e. The van der Waals surface area contributed by atoms with E-state index in [2.05, 4.69) is 10.3 Å². The summed E-state index contributed by atoms with van der Waals surface area (Å²) in [6.45, 7) is 3.70. The van der Waals surface area contributed by atoms with Gasteiger partial charge in [-0.25, -0.2) is 4.68 Å². The van der Waals surface area contributed by atoms with Crippen molar-refractivity contribution in [2.75, 3.05) is 0 Å². The van der Waals surface area contributed by atoms with Crippen LogP contribution in [0.1, 0.15) is 25.2 Å². The monoisotopic (exact) mass is 232 g/mol. The number of nitrogens with zero attached hydrogens (tertiary/aromatic N) is 4. The molecule has 0 atom stereocenters. The van der Waals surface area contributed by atoms with E-state index in [9.17, 15) is 13.2 Å². The van der Waals surface area contributed by atoms with Crippen LogP contribution in [0.2, 0.25) is 0 Å². The summed E-state index contributed by atoms with van der Waals surface area (Å²) >= 11 is 0. The van der Waals surface area contributed by atoms with E-state index in [-0.39, 0.29) is 24.6 Å². The Morgan fingerprint density at radius 2 is 2.06 bits per heavy atom. The third kappa shape index (κ3) is 2.72. The third-order valence-electron chi connectivity index (χ3n) is 1.86. The molecule has 0 amide bonds. The highest BCUT2D eigenvalue weighted by Crippen LogP contribution is 2.31. The van der Waals surface area contributed by atoms with E-state index in [1.54, 1.807) is 19.9 Å². The molecule has 0 aliphatic carbocycles. The van der Waals surface area contributed by atoms with E-state index in [0.29, 0.717) is 0 Å². The molecule has 16 heavy (non-hydrogen) atoms. The molecular formula is C9H11F3N4. The highest BCUT2D eigenvalue weighted by atomic mass is 19.4. The molecule has 0 N–H and O–H groups in total. The van der Waals surface area contributed by atoms with E-state index >= 15 is 0 Å². The molecule has 4 nitrogen and oxygen atoms in total. The predicted octanol–water partition coefficient (Wildman–Crippen LogP) is 2.02. The van der Waals surface area contributed by atoms with Crippen LogP contribution in [0.5, 0.6) is 0 Å². The van der Waals surface area contributed by atoms with Gasteiger partial charge in [-0.3, -0.25) is 0 Å². The van der Waals surface area contributed by atoms with Crippen molar-refractivity contribution in [1.29, 1.82) is 5.26 Å². The highest BCUT2D eigenvalue weighted by molar-refractivity contribution is 5.17. The summed E-state index contributed by atoms with van der Waals surface area (Å²) in [5, 5.41) is 15.2. The molecule has 0 saturated carbocycles. The number of nitriles is 1. The number of hydrogen-bond acceptors (Lipinski definition) is 3. The Kier molecular flexibility index (Phi) is 3.52. The van der Waals surface area contributed by atoms with Gasteiger partial charge in [0.1, 0.15) is 5.69 Å². The zero-order valence-electron chi connectivity index (χ0n) is 8.91. The summed E-state index contributed by atoms with van der Waals surface area (Å²) in [6.07, 6.45) is -4.91. The van der Waals surface area contributed by atoms with Crippen molar-refractivity contribution < 1.29 is 13.2 Å². The van der Waals surface area contributed by atoms with Gasteiger partial charge in [0.2, 0.25) is 0 Å². The molecule has 0 saturated heterocycles. The molecule has 0 spiro atoms. The molecule has 7 heteroatoms. The molecule has 0 aromatic carbocycles. The van der Waals surface area contributed by atoms with E-state index < -0.39 is 11.9 Å². The van der Waals surface area contributed by atoms with E-state index in [1.807, 2.05) is 0 Å². The molecule has 88 valence electrons. The van der Waals surface area contributed by atoms with Gasteiger partial charge in [-0.1, -0.05) is 19.1 Å². The minimum absolute atomic E-state index is 0.0257. The Morgan fingerprint density at radius 1 is 1.44 bits per heavy atom. The van der Waals surface area contributed by atoms with E-state index in [4.69, 9.17) is 5.26 Å². The largest absolute Gasteiger partial charge is 0.434 e. The molecule has 0 aliphatic rings. The van der Waals surface area contributed by atoms with Gasteiger partial charge in [0, 0.05) is 6.54 Å². The van der Waals surface area contributed by atoms with Gasteiger partial charge in [0.25, 0.3) is 0 Å². The fraction of sp³-hybridized carbons (Fsp3) is 0.667. The lowest BCUT2D eigenvalue weighted by molar-refractivity contribution is -0.145. The molecule has 0 fully saturated rings. The summed E-state index contributed by atoms with van der Waals surface area (Å²) in [5.41, 5.74) is -1.22. The fourth-order valence-electron chi connectivity index (χ4n) is 1.33. The zero-order chi connectivity index (χ0) is 12.3. The van der Waals surface area contributed by atoms with E-state index in [0.717, 1.165) is 4.68 Å². The quantitative estimate of drug-likeness (QED) is 0.801. The molecule has 0 aliphatic heterocycles. The van der Waals surface area contributed by atoms with Crippen LogP contribution in [-0.4, -0.2) is 15.0 Å². The Labute approximate surface area is 90.7 Å². The molecule has 1 heterocycles. The first kappa shape index (κ1) is 12.5. The van der Waals surface area contributed by atoms with Crippen LogP contribution in [0.25, 0.3) is 0 Å². The second-order valence-corrected chi connectivity index (χ2v) is 3.79. The molecule has 0 unspecified atom stereocenters. The number of aromatic nitrogens is 3. The molecule has 1 aromatic heterocycles. The van der Waals surface area contributed by atoms with Crippen LogP contribution in [0.4, 0.5) is 13.2 Å². The Hall–Kier alpha value is -1.58. The Morgan fingerprint density at radius 3 is 2.50 bits per heavy atom.